The van der Waals surface area contributed by atoms with Crippen LogP contribution in [0.4, 0.5) is 5.69 Å². The fourth-order valence-corrected chi connectivity index (χ4v) is 1.45. The van der Waals surface area contributed by atoms with Crippen molar-refractivity contribution in [2.75, 3.05) is 12.3 Å². The molecule has 0 bridgehead atoms. The summed E-state index contributed by atoms with van der Waals surface area (Å²) in [5.74, 6) is -1.77. The molecule has 0 atom stereocenters. The molecule has 1 aromatic carbocycles. The van der Waals surface area contributed by atoms with Gasteiger partial charge in [0.25, 0.3) is 0 Å². The largest absolute Gasteiger partial charge is 0.481 e. The van der Waals surface area contributed by atoms with Crippen molar-refractivity contribution in [3.63, 3.8) is 0 Å². The summed E-state index contributed by atoms with van der Waals surface area (Å²) in [5, 5.41) is 9.19. The molecule has 0 radical (unpaired) electrons. The molecule has 0 spiro atoms. The van der Waals surface area contributed by atoms with E-state index in [0.29, 0.717) is 0 Å². The predicted octanol–water partition coefficient (Wildman–Crippen LogP) is 2.84. The van der Waals surface area contributed by atoms with Gasteiger partial charge in [-0.3, -0.25) is 4.79 Å². The second kappa shape index (κ2) is 5.67. The molecule has 5 nitrogen and oxygen atoms in total. The molecule has 1 rings (SSSR count). The number of carbonyl (C=O) groups is 2. The Morgan fingerprint density at radius 1 is 1.37 bits per heavy atom. The van der Waals surface area contributed by atoms with Crippen molar-refractivity contribution in [1.82, 2.24) is 0 Å². The zero-order valence-electron chi connectivity index (χ0n) is 10.4. The molecular weight excluding hydrogens is 293 g/mol. The number of ether oxygens (including phenoxy) is 1. The Hall–Kier alpha value is -1.46. The van der Waals surface area contributed by atoms with Crippen LogP contribution in [-0.2, 0) is 9.53 Å². The van der Waals surface area contributed by atoms with Crippen LogP contribution in [0.25, 0.3) is 0 Å². The van der Waals surface area contributed by atoms with Crippen LogP contribution in [0, 0.1) is 5.41 Å². The Balaban J connectivity index is 2.83. The van der Waals surface area contributed by atoms with E-state index in [1.54, 1.807) is 0 Å². The molecule has 0 saturated heterocycles. The lowest BCUT2D eigenvalue weighted by molar-refractivity contribution is -0.149. The summed E-state index contributed by atoms with van der Waals surface area (Å²) in [4.78, 5) is 22.6. The number of hydrogen-bond donors (Lipinski definition) is 2. The molecule has 0 saturated carbocycles. The number of carboxylic acid groups (broad SMARTS) is 1. The normalized spacial score (nSPS) is 11.2. The standard InChI is InChI=1S/C12H13Cl2NO4/c1-12(2,11(17)18)5-19-10(16)6-3-7(13)9(14)8(15)4-6/h3-4H,5,15H2,1-2H3,(H,17,18). The molecule has 0 aliphatic carbocycles. The number of carboxylic acids is 1. The van der Waals surface area contributed by atoms with Crippen molar-refractivity contribution in [2.45, 2.75) is 13.8 Å². The topological polar surface area (TPSA) is 89.6 Å². The second-order valence-corrected chi connectivity index (χ2v) is 5.41. The first-order chi connectivity index (χ1) is 8.65. The van der Waals surface area contributed by atoms with Gasteiger partial charge in [0.05, 0.1) is 26.7 Å². The molecule has 0 aromatic heterocycles. The van der Waals surface area contributed by atoms with Gasteiger partial charge in [0.15, 0.2) is 0 Å². The third-order valence-corrected chi connectivity index (χ3v) is 3.25. The van der Waals surface area contributed by atoms with E-state index in [2.05, 4.69) is 0 Å². The number of benzene rings is 1. The van der Waals surface area contributed by atoms with Crippen molar-refractivity contribution in [3.8, 4) is 0 Å². The van der Waals surface area contributed by atoms with Crippen LogP contribution >= 0.6 is 23.2 Å². The maximum Gasteiger partial charge on any atom is 0.338 e. The van der Waals surface area contributed by atoms with Gasteiger partial charge < -0.3 is 15.6 Å². The summed E-state index contributed by atoms with van der Waals surface area (Å²) in [7, 11) is 0. The van der Waals surface area contributed by atoms with E-state index in [4.69, 9.17) is 38.8 Å². The summed E-state index contributed by atoms with van der Waals surface area (Å²) in [5.41, 5.74) is 4.67. The Kier molecular flexibility index (Phi) is 4.66. The Bertz CT molecular complexity index is 505. The maximum absolute atomic E-state index is 11.8. The number of esters is 1. The highest BCUT2D eigenvalue weighted by Crippen LogP contribution is 2.29. The van der Waals surface area contributed by atoms with E-state index in [1.165, 1.54) is 26.0 Å². The fraction of sp³-hybridized carbons (Fsp3) is 0.333. The van der Waals surface area contributed by atoms with Crippen molar-refractivity contribution in [2.24, 2.45) is 5.41 Å². The van der Waals surface area contributed by atoms with Crippen LogP contribution in [0.1, 0.15) is 24.2 Å². The molecule has 0 aliphatic rings. The van der Waals surface area contributed by atoms with Gasteiger partial charge in [-0.15, -0.1) is 0 Å². The van der Waals surface area contributed by atoms with E-state index in [1.807, 2.05) is 0 Å². The molecule has 1 aromatic rings. The van der Waals surface area contributed by atoms with Crippen LogP contribution in [0.3, 0.4) is 0 Å². The highest BCUT2D eigenvalue weighted by atomic mass is 35.5. The average Bonchev–Trinajstić information content (AvgIpc) is 2.32. The van der Waals surface area contributed by atoms with E-state index in [0.717, 1.165) is 0 Å². The van der Waals surface area contributed by atoms with Gasteiger partial charge in [-0.05, 0) is 26.0 Å². The number of nitrogens with two attached hydrogens (primary N) is 1. The Morgan fingerprint density at radius 2 is 1.95 bits per heavy atom. The molecule has 19 heavy (non-hydrogen) atoms. The summed E-state index contributed by atoms with van der Waals surface area (Å²) in [6.07, 6.45) is 0. The molecule has 0 aliphatic heterocycles. The van der Waals surface area contributed by atoms with E-state index < -0.39 is 17.4 Å². The Morgan fingerprint density at radius 3 is 2.42 bits per heavy atom. The van der Waals surface area contributed by atoms with E-state index in [9.17, 15) is 9.59 Å². The van der Waals surface area contributed by atoms with Crippen LogP contribution in [0.15, 0.2) is 12.1 Å². The maximum atomic E-state index is 11.8. The van der Waals surface area contributed by atoms with Gasteiger partial charge in [-0.25, -0.2) is 4.79 Å². The first kappa shape index (κ1) is 15.6. The molecule has 104 valence electrons. The van der Waals surface area contributed by atoms with Crippen molar-refractivity contribution >= 4 is 40.8 Å². The van der Waals surface area contributed by atoms with Crippen LogP contribution < -0.4 is 5.73 Å². The molecule has 0 fully saturated rings. The molecular formula is C12H13Cl2NO4. The zero-order valence-corrected chi connectivity index (χ0v) is 11.9. The number of halogens is 2. The minimum Gasteiger partial charge on any atom is -0.481 e. The number of rotatable bonds is 4. The monoisotopic (exact) mass is 305 g/mol. The molecule has 0 unspecified atom stereocenters. The minimum atomic E-state index is -1.17. The van der Waals surface area contributed by atoms with Crippen molar-refractivity contribution in [3.05, 3.63) is 27.7 Å². The number of carbonyl (C=O) groups excluding carboxylic acids is 1. The molecule has 7 heteroatoms. The Labute approximate surface area is 120 Å². The van der Waals surface area contributed by atoms with Crippen LogP contribution in [-0.4, -0.2) is 23.7 Å². The lowest BCUT2D eigenvalue weighted by Gasteiger charge is -2.18. The van der Waals surface area contributed by atoms with E-state index >= 15 is 0 Å². The average molecular weight is 306 g/mol. The van der Waals surface area contributed by atoms with Gasteiger partial charge in [-0.1, -0.05) is 23.2 Å². The molecule has 3 N–H and O–H groups in total. The zero-order chi connectivity index (χ0) is 14.8. The summed E-state index contributed by atoms with van der Waals surface area (Å²) >= 11 is 11.5. The van der Waals surface area contributed by atoms with Gasteiger partial charge >= 0.3 is 11.9 Å². The fourth-order valence-electron chi connectivity index (χ4n) is 1.12. The third-order valence-electron chi connectivity index (χ3n) is 2.44. The number of nitrogen functional groups attached to an aromatic ring is 1. The third kappa shape index (κ3) is 3.75. The first-order valence-corrected chi connectivity index (χ1v) is 6.06. The number of anilines is 1. The first-order valence-electron chi connectivity index (χ1n) is 5.30. The molecule has 0 amide bonds. The van der Waals surface area contributed by atoms with Crippen molar-refractivity contribution in [1.29, 1.82) is 0 Å². The summed E-state index contributed by atoms with van der Waals surface area (Å²) < 4.78 is 4.93. The highest BCUT2D eigenvalue weighted by Gasteiger charge is 2.29. The number of aliphatic carboxylic acids is 1. The van der Waals surface area contributed by atoms with Gasteiger partial charge in [-0.2, -0.15) is 0 Å². The smallest absolute Gasteiger partial charge is 0.338 e. The lowest BCUT2D eigenvalue weighted by Crippen LogP contribution is -2.30. The highest BCUT2D eigenvalue weighted by molar-refractivity contribution is 6.43. The summed E-state index contributed by atoms with van der Waals surface area (Å²) in [6, 6.07) is 2.64. The quantitative estimate of drug-likeness (QED) is 0.659. The van der Waals surface area contributed by atoms with Crippen LogP contribution in [0.5, 0.6) is 0 Å². The van der Waals surface area contributed by atoms with Crippen molar-refractivity contribution < 1.29 is 19.4 Å². The van der Waals surface area contributed by atoms with Crippen LogP contribution in [0.2, 0.25) is 10.0 Å². The summed E-state index contributed by atoms with van der Waals surface area (Å²) in [6.45, 7) is 2.64. The van der Waals surface area contributed by atoms with E-state index in [-0.39, 0.29) is 27.9 Å². The second-order valence-electron chi connectivity index (χ2n) is 4.63. The van der Waals surface area contributed by atoms with Gasteiger partial charge in [0.1, 0.15) is 6.61 Å². The van der Waals surface area contributed by atoms with Gasteiger partial charge in [0.2, 0.25) is 0 Å². The minimum absolute atomic E-state index is 0.119. The lowest BCUT2D eigenvalue weighted by atomic mass is 9.95. The molecule has 0 heterocycles. The SMILES string of the molecule is CC(C)(COC(=O)c1cc(N)c(Cl)c(Cl)c1)C(=O)O. The number of hydrogen-bond acceptors (Lipinski definition) is 4. The predicted molar refractivity (Wildman–Crippen MR) is 72.6 cm³/mol. The van der Waals surface area contributed by atoms with Gasteiger partial charge in [0, 0.05) is 0 Å².